The summed E-state index contributed by atoms with van der Waals surface area (Å²) >= 11 is 0. The molecule has 0 aliphatic rings. The molecule has 1 aromatic carbocycles. The number of rotatable bonds is 5. The quantitative estimate of drug-likeness (QED) is 0.586. The van der Waals surface area contributed by atoms with Crippen molar-refractivity contribution in [2.75, 3.05) is 6.54 Å². The first-order chi connectivity index (χ1) is 7.38. The summed E-state index contributed by atoms with van der Waals surface area (Å²) in [4.78, 5) is 0. The molecule has 0 amide bonds. The van der Waals surface area contributed by atoms with Crippen LogP contribution in [0.1, 0.15) is 25.3 Å². The average Bonchev–Trinajstić information content (AvgIpc) is 2.29. The van der Waals surface area contributed by atoms with Crippen molar-refractivity contribution in [2.45, 2.75) is 19.8 Å². The molecule has 1 N–H and O–H groups in total. The van der Waals surface area contributed by atoms with Crippen molar-refractivity contribution in [2.24, 2.45) is 0 Å². The maximum Gasteiger partial charge on any atom is 0.0933 e. The molecule has 0 bridgehead atoms. The van der Waals surface area contributed by atoms with Crippen molar-refractivity contribution in [1.29, 1.82) is 5.26 Å². The topological polar surface area (TPSA) is 35.8 Å². The minimum atomic E-state index is 0.909. The largest absolute Gasteiger partial charge is 0.384 e. The van der Waals surface area contributed by atoms with E-state index in [1.165, 1.54) is 0 Å². The third-order valence-corrected chi connectivity index (χ3v) is 2.14. The number of benzene rings is 1. The predicted octanol–water partition coefficient (Wildman–Crippen LogP) is 2.94. The molecule has 15 heavy (non-hydrogen) atoms. The van der Waals surface area contributed by atoms with Crippen LogP contribution in [0, 0.1) is 11.3 Å². The Labute approximate surface area is 91.2 Å². The van der Waals surface area contributed by atoms with Crippen LogP contribution in [-0.2, 0) is 0 Å². The smallest absolute Gasteiger partial charge is 0.0933 e. The Morgan fingerprint density at radius 3 is 2.73 bits per heavy atom. The van der Waals surface area contributed by atoms with Gasteiger partial charge in [-0.25, -0.2) is 0 Å². The fraction of sp³-hybridized carbons (Fsp3) is 0.308. The molecule has 0 saturated heterocycles. The molecule has 0 atom stereocenters. The van der Waals surface area contributed by atoms with Crippen molar-refractivity contribution in [1.82, 2.24) is 5.32 Å². The molecule has 0 radical (unpaired) electrons. The van der Waals surface area contributed by atoms with E-state index in [9.17, 15) is 0 Å². The zero-order valence-electron chi connectivity index (χ0n) is 9.03. The molecule has 0 saturated carbocycles. The van der Waals surface area contributed by atoms with Crippen LogP contribution in [0.25, 0.3) is 5.70 Å². The lowest BCUT2D eigenvalue weighted by Crippen LogP contribution is -2.13. The van der Waals surface area contributed by atoms with Crippen molar-refractivity contribution in [3.8, 4) is 6.07 Å². The molecule has 0 aliphatic carbocycles. The SMILES string of the molecule is CCCCN/C(=C\C#N)c1ccccc1. The molecular formula is C13H16N2. The Morgan fingerprint density at radius 1 is 1.40 bits per heavy atom. The summed E-state index contributed by atoms with van der Waals surface area (Å²) in [6.45, 7) is 3.07. The fourth-order valence-electron chi connectivity index (χ4n) is 1.32. The van der Waals surface area contributed by atoms with E-state index in [2.05, 4.69) is 18.3 Å². The van der Waals surface area contributed by atoms with Gasteiger partial charge >= 0.3 is 0 Å². The summed E-state index contributed by atoms with van der Waals surface area (Å²) < 4.78 is 0. The second-order valence-electron chi connectivity index (χ2n) is 3.33. The molecule has 1 aromatic rings. The van der Waals surface area contributed by atoms with E-state index >= 15 is 0 Å². The van der Waals surface area contributed by atoms with Gasteiger partial charge in [-0.1, -0.05) is 43.7 Å². The van der Waals surface area contributed by atoms with Gasteiger partial charge in [-0.05, 0) is 12.0 Å². The molecule has 2 heteroatoms. The Hall–Kier alpha value is -1.75. The summed E-state index contributed by atoms with van der Waals surface area (Å²) in [5.74, 6) is 0. The molecule has 0 aliphatic heterocycles. The van der Waals surface area contributed by atoms with E-state index in [4.69, 9.17) is 5.26 Å². The van der Waals surface area contributed by atoms with Crippen molar-refractivity contribution < 1.29 is 0 Å². The molecular weight excluding hydrogens is 184 g/mol. The maximum absolute atomic E-state index is 8.69. The summed E-state index contributed by atoms with van der Waals surface area (Å²) in [5.41, 5.74) is 1.97. The zero-order chi connectivity index (χ0) is 10.9. The van der Waals surface area contributed by atoms with Crippen LogP contribution >= 0.6 is 0 Å². The first kappa shape index (κ1) is 11.3. The fourth-order valence-corrected chi connectivity index (χ4v) is 1.32. The number of hydrogen-bond donors (Lipinski definition) is 1. The van der Waals surface area contributed by atoms with Gasteiger partial charge in [0.05, 0.1) is 11.8 Å². The van der Waals surface area contributed by atoms with Crippen LogP contribution in [0.2, 0.25) is 0 Å². The van der Waals surface area contributed by atoms with Crippen LogP contribution < -0.4 is 5.32 Å². The number of nitrogens with one attached hydrogen (secondary N) is 1. The van der Waals surface area contributed by atoms with Gasteiger partial charge in [0.1, 0.15) is 0 Å². The molecule has 0 fully saturated rings. The van der Waals surface area contributed by atoms with E-state index in [0.717, 1.165) is 30.6 Å². The summed E-state index contributed by atoms with van der Waals surface area (Å²) in [7, 11) is 0. The third kappa shape index (κ3) is 3.86. The van der Waals surface area contributed by atoms with Gasteiger partial charge in [-0.2, -0.15) is 5.26 Å². The highest BCUT2D eigenvalue weighted by Crippen LogP contribution is 2.10. The first-order valence-electron chi connectivity index (χ1n) is 5.27. The number of nitriles is 1. The van der Waals surface area contributed by atoms with Crippen LogP contribution in [-0.4, -0.2) is 6.54 Å². The molecule has 2 nitrogen and oxygen atoms in total. The molecule has 0 aromatic heterocycles. The molecule has 0 spiro atoms. The number of allylic oxidation sites excluding steroid dienone is 1. The third-order valence-electron chi connectivity index (χ3n) is 2.14. The van der Waals surface area contributed by atoms with Gasteiger partial charge in [0.2, 0.25) is 0 Å². The van der Waals surface area contributed by atoms with Crippen molar-refractivity contribution in [3.63, 3.8) is 0 Å². The minimum Gasteiger partial charge on any atom is -0.384 e. The van der Waals surface area contributed by atoms with Gasteiger partial charge in [0.15, 0.2) is 0 Å². The summed E-state index contributed by atoms with van der Waals surface area (Å²) in [5, 5.41) is 12.0. The first-order valence-corrected chi connectivity index (χ1v) is 5.27. The average molecular weight is 200 g/mol. The molecule has 0 heterocycles. The van der Waals surface area contributed by atoms with Gasteiger partial charge in [0.25, 0.3) is 0 Å². The second-order valence-corrected chi connectivity index (χ2v) is 3.33. The van der Waals surface area contributed by atoms with Gasteiger partial charge in [0, 0.05) is 12.6 Å². The summed E-state index contributed by atoms with van der Waals surface area (Å²) in [6, 6.07) is 12.0. The van der Waals surface area contributed by atoms with Crippen LogP contribution in [0.15, 0.2) is 36.4 Å². The van der Waals surface area contributed by atoms with E-state index in [1.807, 2.05) is 30.3 Å². The Bertz CT molecular complexity index is 347. The van der Waals surface area contributed by atoms with Gasteiger partial charge in [-0.3, -0.25) is 0 Å². The minimum absolute atomic E-state index is 0.909. The standard InChI is InChI=1S/C13H16N2/c1-2-3-11-15-13(9-10-14)12-7-5-4-6-8-12/h4-9,15H,2-3,11H2,1H3/b13-9-. The Kier molecular flexibility index (Phi) is 5.03. The molecule has 0 unspecified atom stereocenters. The number of unbranched alkanes of at least 4 members (excludes halogenated alkanes) is 1. The van der Waals surface area contributed by atoms with Gasteiger partial charge < -0.3 is 5.32 Å². The highest BCUT2D eigenvalue weighted by atomic mass is 14.9. The molecule has 78 valence electrons. The Morgan fingerprint density at radius 2 is 2.13 bits per heavy atom. The number of nitrogens with zero attached hydrogens (tertiary/aromatic N) is 1. The van der Waals surface area contributed by atoms with E-state index in [-0.39, 0.29) is 0 Å². The van der Waals surface area contributed by atoms with Crippen molar-refractivity contribution in [3.05, 3.63) is 42.0 Å². The lowest BCUT2D eigenvalue weighted by molar-refractivity contribution is 0.744. The number of hydrogen-bond acceptors (Lipinski definition) is 2. The van der Waals surface area contributed by atoms with E-state index in [0.29, 0.717) is 0 Å². The maximum atomic E-state index is 8.69. The van der Waals surface area contributed by atoms with Crippen LogP contribution in [0.5, 0.6) is 0 Å². The van der Waals surface area contributed by atoms with Gasteiger partial charge in [-0.15, -0.1) is 0 Å². The Balaban J connectivity index is 2.68. The van der Waals surface area contributed by atoms with Crippen LogP contribution in [0.4, 0.5) is 0 Å². The highest BCUT2D eigenvalue weighted by Gasteiger charge is 1.98. The predicted molar refractivity (Wildman–Crippen MR) is 62.9 cm³/mol. The van der Waals surface area contributed by atoms with E-state index < -0.39 is 0 Å². The second kappa shape index (κ2) is 6.67. The highest BCUT2D eigenvalue weighted by molar-refractivity contribution is 5.65. The van der Waals surface area contributed by atoms with E-state index in [1.54, 1.807) is 6.08 Å². The lowest BCUT2D eigenvalue weighted by atomic mass is 10.1. The lowest BCUT2D eigenvalue weighted by Gasteiger charge is -2.09. The van der Waals surface area contributed by atoms with Crippen molar-refractivity contribution >= 4 is 5.70 Å². The molecule has 1 rings (SSSR count). The zero-order valence-corrected chi connectivity index (χ0v) is 9.03. The normalized spacial score (nSPS) is 10.8. The van der Waals surface area contributed by atoms with Crippen LogP contribution in [0.3, 0.4) is 0 Å². The monoisotopic (exact) mass is 200 g/mol. The summed E-state index contributed by atoms with van der Waals surface area (Å²) in [6.07, 6.45) is 3.84.